The maximum Gasteiger partial charge on any atom is 0.0905 e. The maximum absolute atomic E-state index is 8.65. The lowest BCUT2D eigenvalue weighted by Gasteiger charge is -2.07. The van der Waals surface area contributed by atoms with E-state index in [0.717, 1.165) is 6.16 Å². The molecular formula is C7H12OP+. The molecule has 0 saturated carbocycles. The molecule has 0 unspecified atom stereocenters. The second-order valence-electron chi connectivity index (χ2n) is 2.48. The van der Waals surface area contributed by atoms with Crippen LogP contribution in [0.25, 0.3) is 0 Å². The van der Waals surface area contributed by atoms with Gasteiger partial charge in [0, 0.05) is 0 Å². The Hall–Kier alpha value is -0.130. The molecule has 0 spiro atoms. The molecule has 0 fully saturated rings. The third kappa shape index (κ3) is 1.64. The zero-order valence-electron chi connectivity index (χ0n) is 5.62. The standard InChI is InChI=1S/C7H12OP/c1-9(7-4-8)5-2-3-6-9/h2-3,5-6,8H,4,7H2,1H3/q+1. The molecule has 1 aliphatic rings. The van der Waals surface area contributed by atoms with Gasteiger partial charge in [-0.3, -0.25) is 0 Å². The molecule has 0 aromatic carbocycles. The highest BCUT2D eigenvalue weighted by atomic mass is 31.2. The van der Waals surface area contributed by atoms with E-state index in [9.17, 15) is 0 Å². The van der Waals surface area contributed by atoms with E-state index in [1.54, 1.807) is 0 Å². The minimum absolute atomic E-state index is 0.318. The van der Waals surface area contributed by atoms with Gasteiger partial charge in [-0.15, -0.1) is 0 Å². The van der Waals surface area contributed by atoms with Crippen molar-refractivity contribution in [1.29, 1.82) is 0 Å². The van der Waals surface area contributed by atoms with E-state index in [1.807, 2.05) is 0 Å². The summed E-state index contributed by atoms with van der Waals surface area (Å²) >= 11 is 0. The molecule has 1 nitrogen and oxygen atoms in total. The van der Waals surface area contributed by atoms with Gasteiger partial charge in [0.25, 0.3) is 0 Å². The fourth-order valence-corrected chi connectivity index (χ4v) is 2.72. The average molecular weight is 143 g/mol. The SMILES string of the molecule is C[P+]1(CCO)C=CC=C1. The Bertz CT molecular complexity index is 137. The lowest BCUT2D eigenvalue weighted by Crippen LogP contribution is -1.94. The first-order valence-corrected chi connectivity index (χ1v) is 5.66. The van der Waals surface area contributed by atoms with Crippen LogP contribution in [0.2, 0.25) is 0 Å². The van der Waals surface area contributed by atoms with Crippen molar-refractivity contribution >= 4 is 7.26 Å². The summed E-state index contributed by atoms with van der Waals surface area (Å²) in [6.45, 7) is 2.54. The van der Waals surface area contributed by atoms with Gasteiger partial charge in [0.05, 0.1) is 38.3 Å². The van der Waals surface area contributed by atoms with Crippen LogP contribution in [0.15, 0.2) is 23.8 Å². The van der Waals surface area contributed by atoms with Crippen LogP contribution in [-0.2, 0) is 0 Å². The molecule has 1 rings (SSSR count). The minimum Gasteiger partial charge on any atom is -0.393 e. The van der Waals surface area contributed by atoms with Crippen molar-refractivity contribution in [1.82, 2.24) is 0 Å². The maximum atomic E-state index is 8.65. The van der Waals surface area contributed by atoms with Crippen LogP contribution in [-0.4, -0.2) is 24.5 Å². The van der Waals surface area contributed by atoms with Crippen molar-refractivity contribution in [2.75, 3.05) is 19.4 Å². The van der Waals surface area contributed by atoms with E-state index in [4.69, 9.17) is 5.11 Å². The van der Waals surface area contributed by atoms with E-state index in [1.165, 1.54) is 0 Å². The van der Waals surface area contributed by atoms with Crippen LogP contribution in [0.4, 0.5) is 0 Å². The molecule has 0 atom stereocenters. The topological polar surface area (TPSA) is 20.2 Å². The monoisotopic (exact) mass is 143 g/mol. The molecule has 2 heteroatoms. The smallest absolute Gasteiger partial charge is 0.0905 e. The summed E-state index contributed by atoms with van der Waals surface area (Å²) in [6, 6.07) is 0. The van der Waals surface area contributed by atoms with Crippen molar-refractivity contribution in [3.63, 3.8) is 0 Å². The Morgan fingerprint density at radius 2 is 1.89 bits per heavy atom. The first-order valence-electron chi connectivity index (χ1n) is 3.10. The average Bonchev–Trinajstić information content (AvgIpc) is 2.16. The van der Waals surface area contributed by atoms with Gasteiger partial charge in [0.2, 0.25) is 0 Å². The number of aliphatic hydroxyl groups is 1. The first-order chi connectivity index (χ1) is 4.27. The lowest BCUT2D eigenvalue weighted by molar-refractivity contribution is 0.321. The summed E-state index contributed by atoms with van der Waals surface area (Å²) in [5.41, 5.74) is 0. The van der Waals surface area contributed by atoms with Gasteiger partial charge in [0.1, 0.15) is 0 Å². The number of hydrogen-bond acceptors (Lipinski definition) is 1. The molecule has 1 heterocycles. The molecule has 0 aliphatic carbocycles. The predicted molar refractivity (Wildman–Crippen MR) is 43.1 cm³/mol. The van der Waals surface area contributed by atoms with Gasteiger partial charge >= 0.3 is 0 Å². The minimum atomic E-state index is -0.931. The van der Waals surface area contributed by atoms with Crippen molar-refractivity contribution < 1.29 is 5.11 Å². The largest absolute Gasteiger partial charge is 0.393 e. The second-order valence-corrected chi connectivity index (χ2v) is 6.21. The van der Waals surface area contributed by atoms with Gasteiger partial charge in [0.15, 0.2) is 0 Å². The van der Waals surface area contributed by atoms with Crippen molar-refractivity contribution in [3.05, 3.63) is 23.8 Å². The summed E-state index contributed by atoms with van der Waals surface area (Å²) in [5.74, 6) is 4.45. The fourth-order valence-electron chi connectivity index (χ4n) is 0.907. The third-order valence-corrected chi connectivity index (χ3v) is 4.42. The highest BCUT2D eigenvalue weighted by Gasteiger charge is 2.26. The van der Waals surface area contributed by atoms with Crippen molar-refractivity contribution in [2.24, 2.45) is 0 Å². The predicted octanol–water partition coefficient (Wildman–Crippen LogP) is 1.67. The highest BCUT2D eigenvalue weighted by molar-refractivity contribution is 7.81. The van der Waals surface area contributed by atoms with E-state index < -0.39 is 7.26 Å². The van der Waals surface area contributed by atoms with Crippen LogP contribution in [0, 0.1) is 0 Å². The molecule has 0 amide bonds. The van der Waals surface area contributed by atoms with Crippen molar-refractivity contribution in [3.8, 4) is 0 Å². The Balaban J connectivity index is 2.53. The summed E-state index contributed by atoms with van der Waals surface area (Å²) in [7, 11) is -0.931. The fraction of sp³-hybridized carbons (Fsp3) is 0.429. The molecule has 0 aromatic heterocycles. The Kier molecular flexibility index (Phi) is 2.05. The van der Waals surface area contributed by atoms with Gasteiger partial charge in [-0.25, -0.2) is 0 Å². The van der Waals surface area contributed by atoms with Crippen LogP contribution < -0.4 is 0 Å². The Morgan fingerprint density at radius 3 is 2.33 bits per heavy atom. The van der Waals surface area contributed by atoms with Crippen LogP contribution >= 0.6 is 7.26 Å². The molecular weight excluding hydrogens is 131 g/mol. The molecule has 0 saturated heterocycles. The molecule has 0 radical (unpaired) electrons. The number of allylic oxidation sites excluding steroid dienone is 2. The summed E-state index contributed by atoms with van der Waals surface area (Å²) < 4.78 is 0. The van der Waals surface area contributed by atoms with E-state index in [2.05, 4.69) is 30.5 Å². The Morgan fingerprint density at radius 1 is 1.33 bits per heavy atom. The Labute approximate surface area is 56.4 Å². The quantitative estimate of drug-likeness (QED) is 0.583. The third-order valence-electron chi connectivity index (χ3n) is 1.55. The van der Waals surface area contributed by atoms with Crippen LogP contribution in [0.1, 0.15) is 0 Å². The van der Waals surface area contributed by atoms with Gasteiger partial charge in [-0.05, 0) is 12.2 Å². The summed E-state index contributed by atoms with van der Waals surface area (Å²) in [4.78, 5) is 0. The molecule has 1 aliphatic heterocycles. The molecule has 0 bridgehead atoms. The number of hydrogen-bond donors (Lipinski definition) is 1. The lowest BCUT2D eigenvalue weighted by atomic mass is 10.6. The van der Waals surface area contributed by atoms with Crippen LogP contribution in [0.5, 0.6) is 0 Å². The van der Waals surface area contributed by atoms with Gasteiger partial charge in [-0.1, -0.05) is 0 Å². The van der Waals surface area contributed by atoms with Gasteiger partial charge < -0.3 is 5.11 Å². The van der Waals surface area contributed by atoms with Gasteiger partial charge in [-0.2, -0.15) is 0 Å². The summed E-state index contributed by atoms with van der Waals surface area (Å²) in [6.07, 6.45) is 5.09. The van der Waals surface area contributed by atoms with Crippen LogP contribution in [0.3, 0.4) is 0 Å². The number of rotatable bonds is 2. The second kappa shape index (κ2) is 2.64. The molecule has 9 heavy (non-hydrogen) atoms. The molecule has 0 aromatic rings. The van der Waals surface area contributed by atoms with Crippen molar-refractivity contribution in [2.45, 2.75) is 0 Å². The normalized spacial score (nSPS) is 21.1. The van der Waals surface area contributed by atoms with E-state index in [-0.39, 0.29) is 0 Å². The zero-order chi connectivity index (χ0) is 6.74. The summed E-state index contributed by atoms with van der Waals surface area (Å²) in [5, 5.41) is 8.65. The molecule has 50 valence electrons. The highest BCUT2D eigenvalue weighted by Crippen LogP contribution is 2.60. The van der Waals surface area contributed by atoms with E-state index in [0.29, 0.717) is 6.61 Å². The number of aliphatic hydroxyl groups excluding tert-OH is 1. The zero-order valence-corrected chi connectivity index (χ0v) is 6.51. The molecule has 1 N–H and O–H groups in total. The first kappa shape index (κ1) is 6.98. The van der Waals surface area contributed by atoms with E-state index >= 15 is 0 Å².